The van der Waals surface area contributed by atoms with Gasteiger partial charge in [0, 0.05) is 18.1 Å². The standard InChI is InChI=1S/C15H24N2O/c1-11-3-7-15(8-4-11)18-10-12(2)17-14-6-5-13(16)9-14/h3-4,7-8,12-14,17H,5-6,9-10,16H2,1-2H3. The molecule has 0 spiro atoms. The van der Waals surface area contributed by atoms with E-state index in [1.807, 2.05) is 12.1 Å². The SMILES string of the molecule is Cc1ccc(OCC(C)NC2CCC(N)C2)cc1. The first-order valence-corrected chi connectivity index (χ1v) is 6.84. The molecule has 3 atom stereocenters. The Bertz CT molecular complexity index is 363. The van der Waals surface area contributed by atoms with Gasteiger partial charge in [-0.05, 0) is 45.2 Å². The van der Waals surface area contributed by atoms with Gasteiger partial charge in [-0.15, -0.1) is 0 Å². The zero-order valence-corrected chi connectivity index (χ0v) is 11.4. The predicted molar refractivity (Wildman–Crippen MR) is 74.9 cm³/mol. The van der Waals surface area contributed by atoms with Crippen molar-refractivity contribution in [3.05, 3.63) is 29.8 Å². The largest absolute Gasteiger partial charge is 0.492 e. The van der Waals surface area contributed by atoms with Gasteiger partial charge in [0.1, 0.15) is 12.4 Å². The third-order valence-corrected chi connectivity index (χ3v) is 3.51. The summed E-state index contributed by atoms with van der Waals surface area (Å²) in [6, 6.07) is 9.50. The van der Waals surface area contributed by atoms with Crippen LogP contribution in [0.3, 0.4) is 0 Å². The van der Waals surface area contributed by atoms with Crippen LogP contribution in [-0.2, 0) is 0 Å². The summed E-state index contributed by atoms with van der Waals surface area (Å²) in [5.74, 6) is 0.942. The minimum absolute atomic E-state index is 0.363. The van der Waals surface area contributed by atoms with Crippen molar-refractivity contribution in [1.82, 2.24) is 5.32 Å². The highest BCUT2D eigenvalue weighted by Crippen LogP contribution is 2.18. The van der Waals surface area contributed by atoms with E-state index in [1.54, 1.807) is 0 Å². The highest BCUT2D eigenvalue weighted by atomic mass is 16.5. The first-order chi connectivity index (χ1) is 8.63. The Morgan fingerprint density at radius 2 is 2.06 bits per heavy atom. The van der Waals surface area contributed by atoms with Gasteiger partial charge in [0.15, 0.2) is 0 Å². The summed E-state index contributed by atoms with van der Waals surface area (Å²) in [5, 5.41) is 3.59. The lowest BCUT2D eigenvalue weighted by molar-refractivity contribution is 0.260. The molecule has 3 nitrogen and oxygen atoms in total. The molecular formula is C15H24N2O. The average Bonchev–Trinajstić information content (AvgIpc) is 2.74. The molecule has 1 aromatic carbocycles. The van der Waals surface area contributed by atoms with E-state index in [0.29, 0.717) is 24.7 Å². The molecule has 0 bridgehead atoms. The van der Waals surface area contributed by atoms with Gasteiger partial charge < -0.3 is 15.8 Å². The minimum Gasteiger partial charge on any atom is -0.492 e. The number of ether oxygens (including phenoxy) is 1. The predicted octanol–water partition coefficient (Wildman–Crippen LogP) is 2.23. The van der Waals surface area contributed by atoms with Crippen molar-refractivity contribution in [2.24, 2.45) is 5.73 Å². The van der Waals surface area contributed by atoms with Gasteiger partial charge in [-0.3, -0.25) is 0 Å². The second-order valence-corrected chi connectivity index (χ2v) is 5.46. The van der Waals surface area contributed by atoms with Gasteiger partial charge in [-0.25, -0.2) is 0 Å². The van der Waals surface area contributed by atoms with Crippen LogP contribution in [0.4, 0.5) is 0 Å². The normalized spacial score (nSPS) is 25.1. The zero-order valence-electron chi connectivity index (χ0n) is 11.4. The van der Waals surface area contributed by atoms with Crippen molar-refractivity contribution < 1.29 is 4.74 Å². The number of benzene rings is 1. The van der Waals surface area contributed by atoms with E-state index in [9.17, 15) is 0 Å². The van der Waals surface area contributed by atoms with Crippen LogP contribution < -0.4 is 15.8 Å². The van der Waals surface area contributed by atoms with Crippen molar-refractivity contribution >= 4 is 0 Å². The van der Waals surface area contributed by atoms with Crippen LogP contribution in [0.2, 0.25) is 0 Å². The number of nitrogens with one attached hydrogen (secondary N) is 1. The van der Waals surface area contributed by atoms with Crippen LogP contribution in [0.25, 0.3) is 0 Å². The molecule has 0 amide bonds. The number of rotatable bonds is 5. The molecule has 3 N–H and O–H groups in total. The number of nitrogens with two attached hydrogens (primary N) is 1. The van der Waals surface area contributed by atoms with Crippen LogP contribution in [0.1, 0.15) is 31.7 Å². The molecule has 1 aliphatic rings. The summed E-state index contributed by atoms with van der Waals surface area (Å²) in [7, 11) is 0. The van der Waals surface area contributed by atoms with Gasteiger partial charge in [-0.1, -0.05) is 17.7 Å². The Kier molecular flexibility index (Phi) is 4.61. The Balaban J connectivity index is 1.71. The molecule has 18 heavy (non-hydrogen) atoms. The van der Waals surface area contributed by atoms with Crippen molar-refractivity contribution in [3.63, 3.8) is 0 Å². The van der Waals surface area contributed by atoms with Crippen molar-refractivity contribution in [2.45, 2.75) is 51.2 Å². The highest BCUT2D eigenvalue weighted by molar-refractivity contribution is 5.26. The van der Waals surface area contributed by atoms with E-state index >= 15 is 0 Å². The van der Waals surface area contributed by atoms with Crippen LogP contribution in [0, 0.1) is 6.92 Å². The Hall–Kier alpha value is -1.06. The number of hydrogen-bond donors (Lipinski definition) is 2. The smallest absolute Gasteiger partial charge is 0.119 e. The van der Waals surface area contributed by atoms with E-state index in [2.05, 4.69) is 31.3 Å². The Morgan fingerprint density at radius 1 is 1.33 bits per heavy atom. The lowest BCUT2D eigenvalue weighted by atomic mass is 10.2. The molecule has 100 valence electrons. The molecule has 1 aliphatic carbocycles. The second-order valence-electron chi connectivity index (χ2n) is 5.46. The molecule has 0 aliphatic heterocycles. The molecule has 1 saturated carbocycles. The molecule has 0 aromatic heterocycles. The summed E-state index contributed by atoms with van der Waals surface area (Å²) >= 11 is 0. The average molecular weight is 248 g/mol. The topological polar surface area (TPSA) is 47.3 Å². The molecule has 3 unspecified atom stereocenters. The lowest BCUT2D eigenvalue weighted by Crippen LogP contribution is -2.39. The van der Waals surface area contributed by atoms with Crippen LogP contribution in [-0.4, -0.2) is 24.7 Å². The quantitative estimate of drug-likeness (QED) is 0.840. The van der Waals surface area contributed by atoms with Crippen molar-refractivity contribution in [2.75, 3.05) is 6.61 Å². The van der Waals surface area contributed by atoms with Crippen LogP contribution in [0.15, 0.2) is 24.3 Å². The first kappa shape index (κ1) is 13.4. The molecule has 1 fully saturated rings. The van der Waals surface area contributed by atoms with E-state index < -0.39 is 0 Å². The second kappa shape index (κ2) is 6.21. The molecule has 1 aromatic rings. The van der Waals surface area contributed by atoms with E-state index in [1.165, 1.54) is 12.0 Å². The first-order valence-electron chi connectivity index (χ1n) is 6.84. The summed E-state index contributed by atoms with van der Waals surface area (Å²) in [6.07, 6.45) is 3.42. The third-order valence-electron chi connectivity index (χ3n) is 3.51. The molecule has 2 rings (SSSR count). The highest BCUT2D eigenvalue weighted by Gasteiger charge is 2.22. The maximum Gasteiger partial charge on any atom is 0.119 e. The monoisotopic (exact) mass is 248 g/mol. The van der Waals surface area contributed by atoms with Gasteiger partial charge in [0.05, 0.1) is 0 Å². The van der Waals surface area contributed by atoms with Crippen molar-refractivity contribution in [1.29, 1.82) is 0 Å². The fourth-order valence-electron chi connectivity index (χ4n) is 2.47. The Morgan fingerprint density at radius 3 is 2.67 bits per heavy atom. The summed E-state index contributed by atoms with van der Waals surface area (Å²) in [4.78, 5) is 0. The Labute approximate surface area is 110 Å². The molecule has 0 heterocycles. The summed E-state index contributed by atoms with van der Waals surface area (Å²) < 4.78 is 5.77. The maximum atomic E-state index is 5.91. The molecule has 0 saturated heterocycles. The maximum absolute atomic E-state index is 5.91. The van der Waals surface area contributed by atoms with Gasteiger partial charge in [0.25, 0.3) is 0 Å². The summed E-state index contributed by atoms with van der Waals surface area (Å²) in [6.45, 7) is 4.95. The van der Waals surface area contributed by atoms with Gasteiger partial charge >= 0.3 is 0 Å². The van der Waals surface area contributed by atoms with Crippen LogP contribution >= 0.6 is 0 Å². The van der Waals surface area contributed by atoms with E-state index in [0.717, 1.165) is 18.6 Å². The molecule has 3 heteroatoms. The van der Waals surface area contributed by atoms with Gasteiger partial charge in [0.2, 0.25) is 0 Å². The fraction of sp³-hybridized carbons (Fsp3) is 0.600. The zero-order chi connectivity index (χ0) is 13.0. The number of hydrogen-bond acceptors (Lipinski definition) is 3. The minimum atomic E-state index is 0.363. The molecule has 0 radical (unpaired) electrons. The third kappa shape index (κ3) is 4.00. The molecular weight excluding hydrogens is 224 g/mol. The van der Waals surface area contributed by atoms with Crippen molar-refractivity contribution in [3.8, 4) is 5.75 Å². The number of aryl methyl sites for hydroxylation is 1. The van der Waals surface area contributed by atoms with E-state index in [-0.39, 0.29) is 0 Å². The fourth-order valence-corrected chi connectivity index (χ4v) is 2.47. The summed E-state index contributed by atoms with van der Waals surface area (Å²) in [5.41, 5.74) is 7.17. The van der Waals surface area contributed by atoms with E-state index in [4.69, 9.17) is 10.5 Å². The van der Waals surface area contributed by atoms with Crippen LogP contribution in [0.5, 0.6) is 5.75 Å². The lowest BCUT2D eigenvalue weighted by Gasteiger charge is -2.19. The van der Waals surface area contributed by atoms with Gasteiger partial charge in [-0.2, -0.15) is 0 Å².